The SMILES string of the molecule is CN1CCN(C(=O)CCNC(=O)C(=O)N2CCC(n3cc(CN)nn3)C2)CC1. The van der Waals surface area contributed by atoms with Gasteiger partial charge >= 0.3 is 11.8 Å². The van der Waals surface area contributed by atoms with E-state index in [4.69, 9.17) is 5.73 Å². The van der Waals surface area contributed by atoms with Gasteiger partial charge in [-0.3, -0.25) is 14.4 Å². The van der Waals surface area contributed by atoms with E-state index in [0.717, 1.165) is 13.1 Å². The van der Waals surface area contributed by atoms with Gasteiger partial charge in [0.2, 0.25) is 5.91 Å². The molecule has 0 bridgehead atoms. The van der Waals surface area contributed by atoms with Crippen molar-refractivity contribution in [3.05, 3.63) is 11.9 Å². The van der Waals surface area contributed by atoms with E-state index in [9.17, 15) is 14.4 Å². The van der Waals surface area contributed by atoms with Crippen molar-refractivity contribution in [1.82, 2.24) is 35.0 Å². The van der Waals surface area contributed by atoms with Gasteiger partial charge in [-0.25, -0.2) is 4.68 Å². The second-order valence-corrected chi connectivity index (χ2v) is 7.28. The number of nitrogens with two attached hydrogens (primary N) is 1. The maximum Gasteiger partial charge on any atom is 0.311 e. The highest BCUT2D eigenvalue weighted by Gasteiger charge is 2.31. The van der Waals surface area contributed by atoms with Crippen molar-refractivity contribution in [2.24, 2.45) is 5.73 Å². The Bertz CT molecular complexity index is 713. The average Bonchev–Trinajstić information content (AvgIpc) is 3.37. The summed E-state index contributed by atoms with van der Waals surface area (Å²) in [5, 5.41) is 10.5. The summed E-state index contributed by atoms with van der Waals surface area (Å²) in [6.45, 7) is 4.46. The first kappa shape index (κ1) is 20.2. The van der Waals surface area contributed by atoms with Gasteiger partial charge in [0.15, 0.2) is 0 Å². The zero-order chi connectivity index (χ0) is 20.1. The lowest BCUT2D eigenvalue weighted by atomic mass is 10.3. The highest BCUT2D eigenvalue weighted by atomic mass is 16.2. The summed E-state index contributed by atoms with van der Waals surface area (Å²) >= 11 is 0. The molecular weight excluding hydrogens is 364 g/mol. The Morgan fingerprint density at radius 2 is 1.93 bits per heavy atom. The predicted molar refractivity (Wildman–Crippen MR) is 99.9 cm³/mol. The number of piperazine rings is 1. The maximum absolute atomic E-state index is 12.3. The van der Waals surface area contributed by atoms with Gasteiger partial charge in [0.05, 0.1) is 17.9 Å². The first-order valence-corrected chi connectivity index (χ1v) is 9.62. The Morgan fingerprint density at radius 1 is 1.18 bits per heavy atom. The number of likely N-dealkylation sites (N-methyl/N-ethyl adjacent to an activating group) is 1. The molecule has 3 N–H and O–H groups in total. The highest BCUT2D eigenvalue weighted by molar-refractivity contribution is 6.35. The fourth-order valence-electron chi connectivity index (χ4n) is 3.44. The van der Waals surface area contributed by atoms with Crippen LogP contribution in [0.25, 0.3) is 0 Å². The number of nitrogens with one attached hydrogen (secondary N) is 1. The third-order valence-electron chi connectivity index (χ3n) is 5.27. The van der Waals surface area contributed by atoms with Crippen LogP contribution < -0.4 is 11.1 Å². The minimum absolute atomic E-state index is 0.00368. The second kappa shape index (κ2) is 9.11. The standard InChI is InChI=1S/C17H28N8O3/c1-22-6-8-23(9-7-22)15(26)2-4-19-16(27)17(28)24-5-3-14(12-24)25-11-13(10-18)20-21-25/h11,14H,2-10,12,18H2,1H3,(H,19,27). The van der Waals surface area contributed by atoms with Crippen molar-refractivity contribution < 1.29 is 14.4 Å². The van der Waals surface area contributed by atoms with Crippen molar-refractivity contribution in [3.63, 3.8) is 0 Å². The molecule has 11 nitrogen and oxygen atoms in total. The topological polar surface area (TPSA) is 130 Å². The van der Waals surface area contributed by atoms with Crippen molar-refractivity contribution in [2.75, 3.05) is 52.9 Å². The predicted octanol–water partition coefficient (Wildman–Crippen LogP) is -2.21. The lowest BCUT2D eigenvalue weighted by Gasteiger charge is -2.32. The van der Waals surface area contributed by atoms with Gasteiger partial charge in [0.25, 0.3) is 0 Å². The van der Waals surface area contributed by atoms with Crippen LogP contribution in [0.3, 0.4) is 0 Å². The van der Waals surface area contributed by atoms with Gasteiger partial charge in [-0.1, -0.05) is 5.21 Å². The molecule has 3 heterocycles. The van der Waals surface area contributed by atoms with E-state index in [1.54, 1.807) is 15.8 Å². The molecule has 1 atom stereocenters. The summed E-state index contributed by atoms with van der Waals surface area (Å²) < 4.78 is 1.70. The van der Waals surface area contributed by atoms with Crippen LogP contribution in [-0.2, 0) is 20.9 Å². The summed E-state index contributed by atoms with van der Waals surface area (Å²) in [6.07, 6.45) is 2.67. The van der Waals surface area contributed by atoms with Crippen LogP contribution in [0.4, 0.5) is 0 Å². The molecule has 2 aliphatic heterocycles. The zero-order valence-electron chi connectivity index (χ0n) is 16.2. The Morgan fingerprint density at radius 3 is 2.61 bits per heavy atom. The zero-order valence-corrected chi connectivity index (χ0v) is 16.2. The molecule has 1 aromatic rings. The van der Waals surface area contributed by atoms with Crippen molar-refractivity contribution in [1.29, 1.82) is 0 Å². The molecule has 0 spiro atoms. The summed E-state index contributed by atoms with van der Waals surface area (Å²) in [6, 6.07) is -0.0108. The van der Waals surface area contributed by atoms with Gasteiger partial charge < -0.3 is 25.8 Å². The molecule has 3 rings (SSSR count). The molecule has 11 heteroatoms. The molecule has 0 aromatic carbocycles. The minimum Gasteiger partial charge on any atom is -0.347 e. The molecular formula is C17H28N8O3. The molecule has 28 heavy (non-hydrogen) atoms. The number of aromatic nitrogens is 3. The lowest BCUT2D eigenvalue weighted by Crippen LogP contribution is -2.48. The molecule has 2 aliphatic rings. The molecule has 0 saturated carbocycles. The first-order chi connectivity index (χ1) is 13.5. The first-order valence-electron chi connectivity index (χ1n) is 9.62. The van der Waals surface area contributed by atoms with E-state index in [2.05, 4.69) is 20.5 Å². The second-order valence-electron chi connectivity index (χ2n) is 7.28. The van der Waals surface area contributed by atoms with E-state index in [1.807, 2.05) is 7.05 Å². The Kier molecular flexibility index (Phi) is 6.57. The van der Waals surface area contributed by atoms with Crippen LogP contribution >= 0.6 is 0 Å². The Balaban J connectivity index is 1.40. The minimum atomic E-state index is -0.673. The number of nitrogens with zero attached hydrogens (tertiary/aromatic N) is 6. The third-order valence-corrected chi connectivity index (χ3v) is 5.27. The number of carbonyl (C=O) groups is 3. The number of hydrogen-bond donors (Lipinski definition) is 2. The number of hydrogen-bond acceptors (Lipinski definition) is 7. The smallest absolute Gasteiger partial charge is 0.311 e. The Labute approximate surface area is 163 Å². The largest absolute Gasteiger partial charge is 0.347 e. The van der Waals surface area contributed by atoms with Gasteiger partial charge in [0.1, 0.15) is 0 Å². The molecule has 2 fully saturated rings. The third kappa shape index (κ3) is 4.84. The van der Waals surface area contributed by atoms with Gasteiger partial charge in [-0.15, -0.1) is 5.10 Å². The van der Waals surface area contributed by atoms with Crippen LogP contribution in [0.2, 0.25) is 0 Å². The number of carbonyl (C=O) groups excluding carboxylic acids is 3. The van der Waals surface area contributed by atoms with E-state index < -0.39 is 11.8 Å². The molecule has 3 amide bonds. The fraction of sp³-hybridized carbons (Fsp3) is 0.706. The normalized spacial score (nSPS) is 20.4. The van der Waals surface area contributed by atoms with E-state index in [0.29, 0.717) is 44.8 Å². The Hall–Kier alpha value is -2.53. The molecule has 154 valence electrons. The molecule has 2 saturated heterocycles. The summed E-state index contributed by atoms with van der Waals surface area (Å²) in [7, 11) is 2.02. The van der Waals surface area contributed by atoms with Crippen molar-refractivity contribution >= 4 is 17.7 Å². The van der Waals surface area contributed by atoms with Crippen LogP contribution in [0, 0.1) is 0 Å². The van der Waals surface area contributed by atoms with Crippen LogP contribution in [0.1, 0.15) is 24.6 Å². The van der Waals surface area contributed by atoms with E-state index in [-0.39, 0.29) is 24.9 Å². The average molecular weight is 392 g/mol. The highest BCUT2D eigenvalue weighted by Crippen LogP contribution is 2.20. The van der Waals surface area contributed by atoms with Gasteiger partial charge in [0, 0.05) is 58.8 Å². The van der Waals surface area contributed by atoms with Crippen molar-refractivity contribution in [2.45, 2.75) is 25.4 Å². The van der Waals surface area contributed by atoms with Crippen LogP contribution in [-0.4, -0.2) is 100 Å². The summed E-state index contributed by atoms with van der Waals surface area (Å²) in [5.41, 5.74) is 6.22. The molecule has 1 unspecified atom stereocenters. The maximum atomic E-state index is 12.3. The summed E-state index contributed by atoms with van der Waals surface area (Å²) in [4.78, 5) is 42.1. The summed E-state index contributed by atoms with van der Waals surface area (Å²) in [5.74, 6) is -1.24. The van der Waals surface area contributed by atoms with Crippen LogP contribution in [0.15, 0.2) is 6.20 Å². The monoisotopic (exact) mass is 392 g/mol. The van der Waals surface area contributed by atoms with E-state index in [1.165, 1.54) is 4.90 Å². The van der Waals surface area contributed by atoms with Gasteiger partial charge in [-0.2, -0.15) is 0 Å². The number of likely N-dealkylation sites (tertiary alicyclic amines) is 1. The number of amides is 3. The lowest BCUT2D eigenvalue weighted by molar-refractivity contribution is -0.145. The quantitative estimate of drug-likeness (QED) is 0.544. The fourth-order valence-corrected chi connectivity index (χ4v) is 3.44. The van der Waals surface area contributed by atoms with E-state index >= 15 is 0 Å². The van der Waals surface area contributed by atoms with Crippen molar-refractivity contribution in [3.8, 4) is 0 Å². The molecule has 0 aliphatic carbocycles. The van der Waals surface area contributed by atoms with Crippen LogP contribution in [0.5, 0.6) is 0 Å². The van der Waals surface area contributed by atoms with Gasteiger partial charge in [-0.05, 0) is 13.5 Å². The molecule has 0 radical (unpaired) electrons. The number of rotatable bonds is 5. The molecule has 1 aromatic heterocycles.